The molecule has 4 aromatic rings. The smallest absolute Gasteiger partial charge is 0.262 e. The number of imidazole rings is 1. The number of hydrogen-bond donors (Lipinski definition) is 1. The summed E-state index contributed by atoms with van der Waals surface area (Å²) in [5.41, 5.74) is 5.45. The fourth-order valence-corrected chi connectivity index (χ4v) is 4.81. The van der Waals surface area contributed by atoms with Crippen molar-refractivity contribution in [1.82, 2.24) is 9.38 Å². The van der Waals surface area contributed by atoms with Gasteiger partial charge in [0, 0.05) is 23.6 Å². The molecule has 0 spiro atoms. The predicted octanol–water partition coefficient (Wildman–Crippen LogP) is 4.74. The Morgan fingerprint density at radius 1 is 1.00 bits per heavy atom. The van der Waals surface area contributed by atoms with Crippen LogP contribution in [0, 0.1) is 20.8 Å². The Morgan fingerprint density at radius 2 is 1.80 bits per heavy atom. The molecule has 2 heterocycles. The topological polar surface area (TPSA) is 72.7 Å². The van der Waals surface area contributed by atoms with Crippen LogP contribution in [0.5, 0.6) is 5.75 Å². The number of aryl methyl sites for hydroxylation is 3. The first kappa shape index (κ1) is 20.0. The Kier molecular flexibility index (Phi) is 4.99. The lowest BCUT2D eigenvalue weighted by Crippen LogP contribution is -2.14. The fourth-order valence-electron chi connectivity index (χ4n) is 3.45. The minimum absolute atomic E-state index is 0.231. The Labute approximate surface area is 176 Å². The lowest BCUT2D eigenvalue weighted by molar-refractivity contribution is 0.411. The van der Waals surface area contributed by atoms with Crippen molar-refractivity contribution in [2.45, 2.75) is 25.7 Å². The van der Waals surface area contributed by atoms with Gasteiger partial charge in [-0.05, 0) is 73.9 Å². The largest absolute Gasteiger partial charge is 0.496 e. The Bertz CT molecular complexity index is 1360. The lowest BCUT2D eigenvalue weighted by Gasteiger charge is -2.14. The van der Waals surface area contributed by atoms with Crippen molar-refractivity contribution in [1.29, 1.82) is 0 Å². The number of aromatic nitrogens is 2. The summed E-state index contributed by atoms with van der Waals surface area (Å²) in [5.74, 6) is 0.663. The molecule has 0 aliphatic rings. The third kappa shape index (κ3) is 3.76. The molecule has 0 amide bonds. The maximum Gasteiger partial charge on any atom is 0.262 e. The second kappa shape index (κ2) is 7.50. The van der Waals surface area contributed by atoms with Crippen molar-refractivity contribution in [2.75, 3.05) is 11.8 Å². The molecule has 2 aromatic heterocycles. The van der Waals surface area contributed by atoms with Gasteiger partial charge in [0.25, 0.3) is 10.0 Å². The number of nitrogens with zero attached hydrogens (tertiary/aromatic N) is 2. The van der Waals surface area contributed by atoms with E-state index in [9.17, 15) is 8.42 Å². The highest BCUT2D eigenvalue weighted by atomic mass is 32.2. The summed E-state index contributed by atoms with van der Waals surface area (Å²) in [7, 11) is -2.18. The standard InChI is InChI=1S/C23H23N3O3S/c1-15-8-9-26-14-20(24-23(26)10-15)18-6-5-7-19(13-18)25-30(27,28)22-12-16(2)21(29-4)11-17(22)3/h5-14,25H,1-4H3. The number of nitrogens with one attached hydrogen (secondary N) is 1. The zero-order valence-electron chi connectivity index (χ0n) is 17.3. The third-order valence-corrected chi connectivity index (χ3v) is 6.53. The number of hydrogen-bond acceptors (Lipinski definition) is 4. The van der Waals surface area contributed by atoms with E-state index in [1.54, 1.807) is 38.3 Å². The van der Waals surface area contributed by atoms with Crippen LogP contribution in [0.3, 0.4) is 0 Å². The molecule has 4 rings (SSSR count). The SMILES string of the molecule is COc1cc(C)c(S(=O)(=O)Nc2cccc(-c3cn4ccc(C)cc4n3)c2)cc1C. The average Bonchev–Trinajstić information content (AvgIpc) is 3.12. The van der Waals surface area contributed by atoms with E-state index in [4.69, 9.17) is 4.74 Å². The van der Waals surface area contributed by atoms with Gasteiger partial charge in [0.1, 0.15) is 11.4 Å². The number of sulfonamides is 1. The van der Waals surface area contributed by atoms with Crippen LogP contribution in [0.25, 0.3) is 16.9 Å². The van der Waals surface area contributed by atoms with Crippen LogP contribution in [0.4, 0.5) is 5.69 Å². The highest BCUT2D eigenvalue weighted by Crippen LogP contribution is 2.28. The molecule has 0 unspecified atom stereocenters. The van der Waals surface area contributed by atoms with E-state index in [1.165, 1.54) is 0 Å². The van der Waals surface area contributed by atoms with Gasteiger partial charge >= 0.3 is 0 Å². The number of fused-ring (bicyclic) bond motifs is 1. The molecule has 7 heteroatoms. The van der Waals surface area contributed by atoms with E-state index in [0.29, 0.717) is 17.0 Å². The summed E-state index contributed by atoms with van der Waals surface area (Å²) >= 11 is 0. The third-order valence-electron chi connectivity index (χ3n) is 5.01. The van der Waals surface area contributed by atoms with Gasteiger partial charge in [0.05, 0.1) is 17.7 Å². The summed E-state index contributed by atoms with van der Waals surface area (Å²) in [5, 5.41) is 0. The summed E-state index contributed by atoms with van der Waals surface area (Å²) in [6.45, 7) is 5.60. The zero-order valence-corrected chi connectivity index (χ0v) is 18.1. The van der Waals surface area contributed by atoms with E-state index in [1.807, 2.05) is 54.9 Å². The molecule has 0 bridgehead atoms. The van der Waals surface area contributed by atoms with Crippen molar-refractivity contribution in [3.63, 3.8) is 0 Å². The number of methoxy groups -OCH3 is 1. The van der Waals surface area contributed by atoms with Gasteiger partial charge in [-0.3, -0.25) is 4.72 Å². The molecule has 6 nitrogen and oxygen atoms in total. The normalized spacial score (nSPS) is 11.6. The fraction of sp³-hybridized carbons (Fsp3) is 0.174. The average molecular weight is 422 g/mol. The highest BCUT2D eigenvalue weighted by molar-refractivity contribution is 7.92. The van der Waals surface area contributed by atoms with Gasteiger partial charge in [-0.25, -0.2) is 13.4 Å². The van der Waals surface area contributed by atoms with Crippen LogP contribution in [0.2, 0.25) is 0 Å². The molecule has 0 aliphatic heterocycles. The van der Waals surface area contributed by atoms with E-state index < -0.39 is 10.0 Å². The molecule has 154 valence electrons. The predicted molar refractivity (Wildman–Crippen MR) is 119 cm³/mol. The van der Waals surface area contributed by atoms with Crippen molar-refractivity contribution in [2.24, 2.45) is 0 Å². The Morgan fingerprint density at radius 3 is 2.57 bits per heavy atom. The van der Waals surface area contributed by atoms with Crippen molar-refractivity contribution in [3.8, 4) is 17.0 Å². The number of ether oxygens (including phenoxy) is 1. The van der Waals surface area contributed by atoms with Gasteiger partial charge in [-0.1, -0.05) is 12.1 Å². The second-order valence-electron chi connectivity index (χ2n) is 7.37. The molecule has 0 saturated heterocycles. The van der Waals surface area contributed by atoms with Crippen LogP contribution in [0.15, 0.2) is 65.8 Å². The highest BCUT2D eigenvalue weighted by Gasteiger charge is 2.19. The van der Waals surface area contributed by atoms with Crippen LogP contribution >= 0.6 is 0 Å². The molecule has 0 saturated carbocycles. The quantitative estimate of drug-likeness (QED) is 0.505. The molecule has 30 heavy (non-hydrogen) atoms. The van der Waals surface area contributed by atoms with E-state index >= 15 is 0 Å². The molecule has 0 atom stereocenters. The number of pyridine rings is 1. The first-order chi connectivity index (χ1) is 14.3. The zero-order chi connectivity index (χ0) is 21.5. The molecule has 0 fully saturated rings. The van der Waals surface area contributed by atoms with Gasteiger partial charge < -0.3 is 9.14 Å². The van der Waals surface area contributed by atoms with Crippen LogP contribution in [0.1, 0.15) is 16.7 Å². The van der Waals surface area contributed by atoms with E-state index in [2.05, 4.69) is 9.71 Å². The number of anilines is 1. The molecule has 2 aromatic carbocycles. The number of benzene rings is 2. The first-order valence-electron chi connectivity index (χ1n) is 9.51. The van der Waals surface area contributed by atoms with Crippen LogP contribution in [-0.4, -0.2) is 24.9 Å². The van der Waals surface area contributed by atoms with Crippen molar-refractivity contribution >= 4 is 21.4 Å². The summed E-state index contributed by atoms with van der Waals surface area (Å²) in [6.07, 6.45) is 3.89. The molecular formula is C23H23N3O3S. The maximum atomic E-state index is 13.0. The van der Waals surface area contributed by atoms with Crippen molar-refractivity contribution in [3.05, 3.63) is 77.6 Å². The summed E-state index contributed by atoms with van der Waals surface area (Å²) in [4.78, 5) is 4.89. The Balaban J connectivity index is 1.68. The minimum Gasteiger partial charge on any atom is -0.496 e. The van der Waals surface area contributed by atoms with E-state index in [0.717, 1.165) is 28.0 Å². The van der Waals surface area contributed by atoms with Gasteiger partial charge in [0.2, 0.25) is 0 Å². The lowest BCUT2D eigenvalue weighted by atomic mass is 10.1. The molecule has 0 radical (unpaired) electrons. The molecule has 1 N–H and O–H groups in total. The maximum absolute atomic E-state index is 13.0. The summed E-state index contributed by atoms with van der Waals surface area (Å²) in [6, 6.07) is 14.6. The first-order valence-corrected chi connectivity index (χ1v) is 11.0. The minimum atomic E-state index is -3.75. The van der Waals surface area contributed by atoms with Crippen LogP contribution in [-0.2, 0) is 10.0 Å². The number of rotatable bonds is 5. The van der Waals surface area contributed by atoms with Gasteiger partial charge in [-0.2, -0.15) is 0 Å². The van der Waals surface area contributed by atoms with Gasteiger partial charge in [-0.15, -0.1) is 0 Å². The van der Waals surface area contributed by atoms with Crippen molar-refractivity contribution < 1.29 is 13.2 Å². The van der Waals surface area contributed by atoms with Crippen LogP contribution < -0.4 is 9.46 Å². The van der Waals surface area contributed by atoms with E-state index in [-0.39, 0.29) is 4.90 Å². The molecular weight excluding hydrogens is 398 g/mol. The van der Waals surface area contributed by atoms with Gasteiger partial charge in [0.15, 0.2) is 0 Å². The Hall–Kier alpha value is -3.32. The molecule has 0 aliphatic carbocycles. The summed E-state index contributed by atoms with van der Waals surface area (Å²) < 4.78 is 36.0. The monoisotopic (exact) mass is 421 g/mol. The second-order valence-corrected chi connectivity index (χ2v) is 9.02.